The van der Waals surface area contributed by atoms with Crippen LogP contribution in [0.4, 0.5) is 5.69 Å². The zero-order valence-corrected chi connectivity index (χ0v) is 7.23. The van der Waals surface area contributed by atoms with Crippen molar-refractivity contribution in [1.82, 2.24) is 0 Å². The highest BCUT2D eigenvalue weighted by Gasteiger charge is 1.76. The van der Waals surface area contributed by atoms with Gasteiger partial charge in [0.25, 0.3) is 0 Å². The summed E-state index contributed by atoms with van der Waals surface area (Å²) in [7, 11) is 1.50. The maximum Gasteiger partial charge on any atom is 0.106 e. The van der Waals surface area contributed by atoms with Crippen molar-refractivity contribution in [2.45, 2.75) is 0 Å². The molecule has 66 valence electrons. The van der Waals surface area contributed by atoms with Gasteiger partial charge in [-0.15, -0.1) is 0 Å². The number of benzene rings is 1. The van der Waals surface area contributed by atoms with Gasteiger partial charge in [-0.2, -0.15) is 0 Å². The molecule has 12 heavy (non-hydrogen) atoms. The number of aliphatic imine (C=N–C) groups is 1. The number of carbonyl (C=O) groups is 1. The third-order valence-electron chi connectivity index (χ3n) is 0.939. The maximum absolute atomic E-state index is 8.00. The third kappa shape index (κ3) is 6.64. The molecule has 0 heterocycles. The van der Waals surface area contributed by atoms with Gasteiger partial charge in [0, 0.05) is 0 Å². The van der Waals surface area contributed by atoms with E-state index < -0.39 is 0 Å². The summed E-state index contributed by atoms with van der Waals surface area (Å²) >= 11 is 0. The summed E-state index contributed by atoms with van der Waals surface area (Å²) in [6.45, 7) is 5.38. The molecular formula is C9H14N2O. The molecule has 0 radical (unpaired) electrons. The van der Waals surface area contributed by atoms with Crippen LogP contribution in [0.25, 0.3) is 0 Å². The Morgan fingerprint density at radius 2 is 1.58 bits per heavy atom. The number of carbonyl (C=O) groups excluding carboxylic acids is 1. The molecule has 0 atom stereocenters. The lowest BCUT2D eigenvalue weighted by atomic mass is 10.3. The summed E-state index contributed by atoms with van der Waals surface area (Å²) in [5.74, 6) is 0. The van der Waals surface area contributed by atoms with Crippen molar-refractivity contribution >= 4 is 19.2 Å². The van der Waals surface area contributed by atoms with E-state index in [0.717, 1.165) is 5.69 Å². The van der Waals surface area contributed by atoms with Crippen LogP contribution >= 0.6 is 0 Å². The van der Waals surface area contributed by atoms with E-state index in [1.54, 1.807) is 0 Å². The lowest BCUT2D eigenvalue weighted by Gasteiger charge is -1.84. The number of nitrogens with two attached hydrogens (primary N) is 1. The van der Waals surface area contributed by atoms with Gasteiger partial charge < -0.3 is 10.5 Å². The second kappa shape index (κ2) is 12.2. The smallest absolute Gasteiger partial charge is 0.106 e. The van der Waals surface area contributed by atoms with E-state index in [1.807, 2.05) is 37.1 Å². The summed E-state index contributed by atoms with van der Waals surface area (Å²) in [4.78, 5) is 11.7. The van der Waals surface area contributed by atoms with Crippen molar-refractivity contribution in [3.8, 4) is 0 Å². The van der Waals surface area contributed by atoms with Crippen LogP contribution in [0.3, 0.4) is 0 Å². The molecule has 3 nitrogen and oxygen atoms in total. The van der Waals surface area contributed by atoms with E-state index in [2.05, 4.69) is 17.4 Å². The number of rotatable bonds is 1. The quantitative estimate of drug-likeness (QED) is 0.641. The largest absolute Gasteiger partial charge is 0.333 e. The molecule has 3 heteroatoms. The van der Waals surface area contributed by atoms with Gasteiger partial charge in [-0.1, -0.05) is 18.2 Å². The van der Waals surface area contributed by atoms with E-state index in [-0.39, 0.29) is 0 Å². The standard InChI is InChI=1S/C7H7N.CH5N.CH2O/c1-8-7-5-3-2-4-6-7;2*1-2/h2-6H,1H2;2H2,1H3;1H2. The van der Waals surface area contributed by atoms with Crippen LogP contribution in [0.5, 0.6) is 0 Å². The van der Waals surface area contributed by atoms with Gasteiger partial charge in [-0.25, -0.2) is 0 Å². The van der Waals surface area contributed by atoms with E-state index >= 15 is 0 Å². The predicted molar refractivity (Wildman–Crippen MR) is 52.9 cm³/mol. The molecule has 2 N–H and O–H groups in total. The fourth-order valence-corrected chi connectivity index (χ4v) is 0.533. The molecule has 0 aliphatic rings. The second-order valence-corrected chi connectivity index (χ2v) is 1.49. The molecule has 0 aliphatic heterocycles. The van der Waals surface area contributed by atoms with E-state index in [4.69, 9.17) is 4.79 Å². The van der Waals surface area contributed by atoms with Crippen molar-refractivity contribution in [3.63, 3.8) is 0 Å². The monoisotopic (exact) mass is 166 g/mol. The first-order valence-electron chi connectivity index (χ1n) is 3.32. The van der Waals surface area contributed by atoms with Crippen LogP contribution in [0.1, 0.15) is 0 Å². The molecule has 0 unspecified atom stereocenters. The first-order valence-corrected chi connectivity index (χ1v) is 3.32. The van der Waals surface area contributed by atoms with Gasteiger partial charge in [0.1, 0.15) is 6.79 Å². The van der Waals surface area contributed by atoms with Crippen LogP contribution in [0.15, 0.2) is 35.3 Å². The molecular weight excluding hydrogens is 152 g/mol. The molecule has 1 rings (SSSR count). The topological polar surface area (TPSA) is 55.5 Å². The summed E-state index contributed by atoms with van der Waals surface area (Å²) in [5.41, 5.74) is 5.42. The molecule has 0 aromatic heterocycles. The normalized spacial score (nSPS) is 6.50. The molecule has 0 saturated heterocycles. The van der Waals surface area contributed by atoms with Crippen molar-refractivity contribution in [2.24, 2.45) is 10.7 Å². The average molecular weight is 166 g/mol. The molecule has 0 bridgehead atoms. The fraction of sp³-hybridized carbons (Fsp3) is 0.111. The summed E-state index contributed by atoms with van der Waals surface area (Å²) in [5, 5.41) is 0. The summed E-state index contributed by atoms with van der Waals surface area (Å²) < 4.78 is 0. The number of nitrogens with zero attached hydrogens (tertiary/aromatic N) is 1. The third-order valence-corrected chi connectivity index (χ3v) is 0.939. The average Bonchev–Trinajstić information content (AvgIpc) is 2.25. The first kappa shape index (κ1) is 13.1. The highest BCUT2D eigenvalue weighted by atomic mass is 16.1. The van der Waals surface area contributed by atoms with Crippen molar-refractivity contribution in [1.29, 1.82) is 0 Å². The highest BCUT2D eigenvalue weighted by molar-refractivity contribution is 5.44. The Balaban J connectivity index is 0. The lowest BCUT2D eigenvalue weighted by molar-refractivity contribution is -0.0979. The number of para-hydroxylation sites is 1. The number of hydrogen-bond donors (Lipinski definition) is 1. The Labute approximate surface area is 72.9 Å². The minimum absolute atomic E-state index is 0.924. The minimum Gasteiger partial charge on any atom is -0.333 e. The molecule has 0 aliphatic carbocycles. The van der Waals surface area contributed by atoms with Gasteiger partial charge in [0.2, 0.25) is 0 Å². The first-order chi connectivity index (χ1) is 5.93. The van der Waals surface area contributed by atoms with Gasteiger partial charge in [-0.05, 0) is 25.9 Å². The molecule has 0 amide bonds. The minimum atomic E-state index is 0.924. The summed E-state index contributed by atoms with van der Waals surface area (Å²) in [6, 6.07) is 9.64. The Hall–Kier alpha value is -1.48. The zero-order valence-electron chi connectivity index (χ0n) is 7.23. The van der Waals surface area contributed by atoms with Crippen LogP contribution in [-0.2, 0) is 4.79 Å². The lowest BCUT2D eigenvalue weighted by Crippen LogP contribution is -1.69. The SMILES string of the molecule is C=Nc1ccccc1.C=O.CN. The zero-order chi connectivity index (χ0) is 9.82. The molecule has 0 saturated carbocycles. The van der Waals surface area contributed by atoms with Crippen LogP contribution in [-0.4, -0.2) is 20.6 Å². The van der Waals surface area contributed by atoms with E-state index in [0.29, 0.717) is 0 Å². The van der Waals surface area contributed by atoms with Gasteiger partial charge in [0.15, 0.2) is 0 Å². The second-order valence-electron chi connectivity index (χ2n) is 1.49. The Bertz CT molecular complexity index is 187. The Morgan fingerprint density at radius 1 is 1.17 bits per heavy atom. The van der Waals surface area contributed by atoms with Crippen molar-refractivity contribution in [2.75, 3.05) is 7.05 Å². The van der Waals surface area contributed by atoms with Gasteiger partial charge in [0.05, 0.1) is 5.69 Å². The Kier molecular flexibility index (Phi) is 13.4. The van der Waals surface area contributed by atoms with E-state index in [9.17, 15) is 0 Å². The Morgan fingerprint density at radius 3 is 1.83 bits per heavy atom. The molecule has 1 aromatic rings. The molecule has 0 fully saturated rings. The maximum atomic E-state index is 8.00. The van der Waals surface area contributed by atoms with E-state index in [1.165, 1.54) is 7.05 Å². The van der Waals surface area contributed by atoms with Crippen molar-refractivity contribution < 1.29 is 4.79 Å². The highest BCUT2D eigenvalue weighted by Crippen LogP contribution is 2.06. The molecule has 0 spiro atoms. The molecule has 1 aromatic carbocycles. The predicted octanol–water partition coefficient (Wildman–Crippen LogP) is 1.41. The summed E-state index contributed by atoms with van der Waals surface area (Å²) in [6.07, 6.45) is 0. The van der Waals surface area contributed by atoms with Crippen molar-refractivity contribution in [3.05, 3.63) is 30.3 Å². The van der Waals surface area contributed by atoms with Crippen LogP contribution < -0.4 is 5.73 Å². The van der Waals surface area contributed by atoms with Gasteiger partial charge in [-0.3, -0.25) is 4.99 Å². The van der Waals surface area contributed by atoms with Crippen LogP contribution in [0, 0.1) is 0 Å². The number of hydrogen-bond acceptors (Lipinski definition) is 3. The fourth-order valence-electron chi connectivity index (χ4n) is 0.533. The van der Waals surface area contributed by atoms with Gasteiger partial charge >= 0.3 is 0 Å². The van der Waals surface area contributed by atoms with Crippen LogP contribution in [0.2, 0.25) is 0 Å².